The SMILES string of the molecule is COc1ccc([C@H](C)N[C@@H](C)c2nnnn2C)cc1. The Labute approximate surface area is 112 Å². The molecule has 0 saturated carbocycles. The number of tetrazole rings is 1. The monoisotopic (exact) mass is 261 g/mol. The van der Waals surface area contributed by atoms with E-state index in [1.165, 1.54) is 5.56 Å². The Balaban J connectivity index is 2.04. The van der Waals surface area contributed by atoms with Crippen molar-refractivity contribution in [3.05, 3.63) is 35.7 Å². The molecule has 1 heterocycles. The first-order chi connectivity index (χ1) is 9.11. The Hall–Kier alpha value is -1.95. The zero-order chi connectivity index (χ0) is 13.8. The van der Waals surface area contributed by atoms with E-state index >= 15 is 0 Å². The van der Waals surface area contributed by atoms with Gasteiger partial charge in [-0.1, -0.05) is 12.1 Å². The van der Waals surface area contributed by atoms with Crippen LogP contribution in [0.1, 0.15) is 37.3 Å². The van der Waals surface area contributed by atoms with Gasteiger partial charge in [0.2, 0.25) is 0 Å². The van der Waals surface area contributed by atoms with Crippen molar-refractivity contribution >= 4 is 0 Å². The van der Waals surface area contributed by atoms with Crippen LogP contribution in [-0.2, 0) is 7.05 Å². The van der Waals surface area contributed by atoms with Crippen molar-refractivity contribution in [1.29, 1.82) is 0 Å². The zero-order valence-electron chi connectivity index (χ0n) is 11.7. The molecule has 0 radical (unpaired) electrons. The second kappa shape index (κ2) is 5.79. The number of rotatable bonds is 5. The van der Waals surface area contributed by atoms with Crippen molar-refractivity contribution in [2.75, 3.05) is 7.11 Å². The number of methoxy groups -OCH3 is 1. The third kappa shape index (κ3) is 3.08. The smallest absolute Gasteiger partial charge is 0.167 e. The minimum Gasteiger partial charge on any atom is -0.497 e. The molecule has 0 bridgehead atoms. The van der Waals surface area contributed by atoms with Gasteiger partial charge < -0.3 is 10.1 Å². The van der Waals surface area contributed by atoms with Crippen LogP contribution in [0.5, 0.6) is 5.75 Å². The maximum atomic E-state index is 5.15. The quantitative estimate of drug-likeness (QED) is 0.886. The number of nitrogens with zero attached hydrogens (tertiary/aromatic N) is 4. The van der Waals surface area contributed by atoms with E-state index in [0.29, 0.717) is 0 Å². The van der Waals surface area contributed by atoms with Crippen LogP contribution >= 0.6 is 0 Å². The van der Waals surface area contributed by atoms with Crippen molar-refractivity contribution in [2.24, 2.45) is 7.05 Å². The summed E-state index contributed by atoms with van der Waals surface area (Å²) in [5.74, 6) is 1.68. The molecular formula is C13H19N5O. The first kappa shape index (κ1) is 13.5. The summed E-state index contributed by atoms with van der Waals surface area (Å²) in [6.07, 6.45) is 0. The lowest BCUT2D eigenvalue weighted by atomic mass is 10.1. The van der Waals surface area contributed by atoms with Gasteiger partial charge in [-0.25, -0.2) is 4.68 Å². The molecule has 0 saturated heterocycles. The first-order valence-electron chi connectivity index (χ1n) is 6.24. The van der Waals surface area contributed by atoms with E-state index in [2.05, 4.69) is 39.9 Å². The minimum atomic E-state index is 0.0806. The molecule has 1 aromatic carbocycles. The largest absolute Gasteiger partial charge is 0.497 e. The van der Waals surface area contributed by atoms with Gasteiger partial charge >= 0.3 is 0 Å². The van der Waals surface area contributed by atoms with E-state index in [-0.39, 0.29) is 12.1 Å². The van der Waals surface area contributed by atoms with Gasteiger partial charge in [-0.3, -0.25) is 0 Å². The number of nitrogens with one attached hydrogen (secondary N) is 1. The molecule has 19 heavy (non-hydrogen) atoms. The van der Waals surface area contributed by atoms with Crippen LogP contribution in [0, 0.1) is 0 Å². The highest BCUT2D eigenvalue weighted by atomic mass is 16.5. The lowest BCUT2D eigenvalue weighted by molar-refractivity contribution is 0.414. The van der Waals surface area contributed by atoms with Gasteiger partial charge in [0, 0.05) is 13.1 Å². The molecule has 0 aliphatic rings. The second-order valence-electron chi connectivity index (χ2n) is 4.54. The minimum absolute atomic E-state index is 0.0806. The van der Waals surface area contributed by atoms with Gasteiger partial charge in [0.25, 0.3) is 0 Å². The van der Waals surface area contributed by atoms with Gasteiger partial charge in [-0.2, -0.15) is 0 Å². The fourth-order valence-corrected chi connectivity index (χ4v) is 2.04. The fraction of sp³-hybridized carbons (Fsp3) is 0.462. The van der Waals surface area contributed by atoms with E-state index < -0.39 is 0 Å². The van der Waals surface area contributed by atoms with Crippen LogP contribution in [0.3, 0.4) is 0 Å². The highest BCUT2D eigenvalue weighted by Crippen LogP contribution is 2.20. The number of benzene rings is 1. The Morgan fingerprint density at radius 3 is 2.37 bits per heavy atom. The van der Waals surface area contributed by atoms with E-state index in [1.807, 2.05) is 26.1 Å². The molecule has 0 aliphatic carbocycles. The van der Waals surface area contributed by atoms with Crippen LogP contribution in [0.4, 0.5) is 0 Å². The van der Waals surface area contributed by atoms with Crippen molar-refractivity contribution < 1.29 is 4.74 Å². The molecule has 1 aromatic heterocycles. The predicted molar refractivity (Wildman–Crippen MR) is 71.8 cm³/mol. The summed E-state index contributed by atoms with van der Waals surface area (Å²) >= 11 is 0. The molecule has 0 spiro atoms. The molecule has 6 heteroatoms. The van der Waals surface area contributed by atoms with Crippen LogP contribution in [-0.4, -0.2) is 27.3 Å². The Morgan fingerprint density at radius 2 is 1.84 bits per heavy atom. The van der Waals surface area contributed by atoms with Crippen molar-refractivity contribution in [3.8, 4) is 5.75 Å². The summed E-state index contributed by atoms with van der Waals surface area (Å²) in [4.78, 5) is 0. The molecule has 0 fully saturated rings. The number of aromatic nitrogens is 4. The predicted octanol–water partition coefficient (Wildman–Crippen LogP) is 1.63. The number of ether oxygens (including phenoxy) is 1. The number of aryl methyl sites for hydroxylation is 1. The molecule has 6 nitrogen and oxygen atoms in total. The summed E-state index contributed by atoms with van der Waals surface area (Å²) in [6.45, 7) is 4.16. The maximum Gasteiger partial charge on any atom is 0.167 e. The Morgan fingerprint density at radius 1 is 1.16 bits per heavy atom. The molecule has 0 unspecified atom stereocenters. The first-order valence-corrected chi connectivity index (χ1v) is 6.24. The highest BCUT2D eigenvalue weighted by molar-refractivity contribution is 5.28. The van der Waals surface area contributed by atoms with Crippen LogP contribution < -0.4 is 10.1 Å². The fourth-order valence-electron chi connectivity index (χ4n) is 2.04. The molecule has 2 atom stereocenters. The lowest BCUT2D eigenvalue weighted by Crippen LogP contribution is -2.24. The molecule has 1 N–H and O–H groups in total. The van der Waals surface area contributed by atoms with E-state index in [0.717, 1.165) is 11.6 Å². The van der Waals surface area contributed by atoms with Crippen molar-refractivity contribution in [2.45, 2.75) is 25.9 Å². The maximum absolute atomic E-state index is 5.15. The van der Waals surface area contributed by atoms with Crippen molar-refractivity contribution in [1.82, 2.24) is 25.5 Å². The summed E-state index contributed by atoms with van der Waals surface area (Å²) in [5.41, 5.74) is 1.20. The molecule has 102 valence electrons. The zero-order valence-corrected chi connectivity index (χ0v) is 11.7. The van der Waals surface area contributed by atoms with E-state index in [1.54, 1.807) is 11.8 Å². The number of hydrogen-bond acceptors (Lipinski definition) is 5. The highest BCUT2D eigenvalue weighted by Gasteiger charge is 2.15. The standard InChI is InChI=1S/C13H19N5O/c1-9(11-5-7-12(19-4)8-6-11)14-10(2)13-15-16-17-18(13)3/h5-10,14H,1-4H3/t9-,10-/m0/s1. The number of hydrogen-bond donors (Lipinski definition) is 1. The molecule has 0 amide bonds. The summed E-state index contributed by atoms with van der Waals surface area (Å²) in [6, 6.07) is 8.31. The summed E-state index contributed by atoms with van der Waals surface area (Å²) < 4.78 is 6.83. The molecular weight excluding hydrogens is 242 g/mol. The van der Waals surface area contributed by atoms with Gasteiger partial charge in [0.1, 0.15) is 5.75 Å². The summed E-state index contributed by atoms with van der Waals surface area (Å²) in [5, 5.41) is 15.0. The Bertz CT molecular complexity index is 522. The van der Waals surface area contributed by atoms with Gasteiger partial charge in [-0.05, 0) is 42.0 Å². The molecule has 0 aliphatic heterocycles. The van der Waals surface area contributed by atoms with Gasteiger partial charge in [-0.15, -0.1) is 5.10 Å². The Kier molecular flexibility index (Phi) is 4.11. The third-order valence-corrected chi connectivity index (χ3v) is 3.16. The van der Waals surface area contributed by atoms with Crippen LogP contribution in [0.25, 0.3) is 0 Å². The third-order valence-electron chi connectivity index (χ3n) is 3.16. The van der Waals surface area contributed by atoms with Gasteiger partial charge in [0.15, 0.2) is 5.82 Å². The molecule has 2 rings (SSSR count). The van der Waals surface area contributed by atoms with Crippen molar-refractivity contribution in [3.63, 3.8) is 0 Å². The van der Waals surface area contributed by atoms with Crippen LogP contribution in [0.2, 0.25) is 0 Å². The average Bonchev–Trinajstić information content (AvgIpc) is 2.85. The summed E-state index contributed by atoms with van der Waals surface area (Å²) in [7, 11) is 3.51. The van der Waals surface area contributed by atoms with E-state index in [4.69, 9.17) is 4.74 Å². The lowest BCUT2D eigenvalue weighted by Gasteiger charge is -2.19. The van der Waals surface area contributed by atoms with E-state index in [9.17, 15) is 0 Å². The topological polar surface area (TPSA) is 64.9 Å². The van der Waals surface area contributed by atoms with Crippen LogP contribution in [0.15, 0.2) is 24.3 Å². The van der Waals surface area contributed by atoms with Gasteiger partial charge in [0.05, 0.1) is 13.2 Å². The normalized spacial score (nSPS) is 14.1. The average molecular weight is 261 g/mol. The second-order valence-corrected chi connectivity index (χ2v) is 4.54. The molecule has 2 aromatic rings.